The summed E-state index contributed by atoms with van der Waals surface area (Å²) >= 11 is 0. The van der Waals surface area contributed by atoms with Gasteiger partial charge in [-0.15, -0.1) is 0 Å². The summed E-state index contributed by atoms with van der Waals surface area (Å²) < 4.78 is 0. The fourth-order valence-electron chi connectivity index (χ4n) is 2.68. The van der Waals surface area contributed by atoms with Crippen molar-refractivity contribution in [2.45, 2.75) is 27.2 Å². The lowest BCUT2D eigenvalue weighted by Crippen LogP contribution is -2.32. The van der Waals surface area contributed by atoms with Crippen LogP contribution in [0.1, 0.15) is 47.2 Å². The van der Waals surface area contributed by atoms with Gasteiger partial charge in [-0.05, 0) is 31.9 Å². The maximum atomic E-state index is 12.8. The number of nitrogens with two attached hydrogens (primary N) is 2. The molecule has 0 aliphatic carbocycles. The van der Waals surface area contributed by atoms with Crippen LogP contribution in [0.4, 0.5) is 5.95 Å². The van der Waals surface area contributed by atoms with Gasteiger partial charge in [0.15, 0.2) is 0 Å². The molecular formula is C16H21N5O2. The molecule has 0 spiro atoms. The average molecular weight is 315 g/mol. The molecule has 1 aromatic carbocycles. The van der Waals surface area contributed by atoms with Crippen LogP contribution in [0.2, 0.25) is 0 Å². The SMILES string of the molecule is CCc1ccc2nc(N)nc(C(=O)N(CC)CC)c2c1C(N)=O. The molecule has 0 atom stereocenters. The van der Waals surface area contributed by atoms with E-state index in [-0.39, 0.29) is 17.5 Å². The van der Waals surface area contributed by atoms with Crippen LogP contribution in [0.25, 0.3) is 10.9 Å². The number of aryl methyl sites for hydroxylation is 1. The molecule has 0 fully saturated rings. The standard InChI is InChI=1S/C16H21N5O2/c1-4-9-7-8-10-12(11(9)14(17)22)13(20-16(18)19-10)15(23)21(5-2)6-3/h7-8H,4-6H2,1-3H3,(H2,17,22)(H2,18,19,20). The third kappa shape index (κ3) is 2.94. The largest absolute Gasteiger partial charge is 0.368 e. The number of nitrogens with zero attached hydrogens (tertiary/aromatic N) is 3. The molecule has 7 nitrogen and oxygen atoms in total. The minimum Gasteiger partial charge on any atom is -0.368 e. The molecule has 2 rings (SSSR count). The van der Waals surface area contributed by atoms with Crippen molar-refractivity contribution in [1.82, 2.24) is 14.9 Å². The molecule has 0 bridgehead atoms. The number of amides is 2. The zero-order valence-corrected chi connectivity index (χ0v) is 13.6. The third-order valence-corrected chi connectivity index (χ3v) is 3.85. The van der Waals surface area contributed by atoms with Crippen molar-refractivity contribution >= 4 is 28.7 Å². The topological polar surface area (TPSA) is 115 Å². The first-order valence-electron chi connectivity index (χ1n) is 7.62. The van der Waals surface area contributed by atoms with Crippen LogP contribution in [0, 0.1) is 0 Å². The Kier molecular flexibility index (Phi) is 4.78. The minimum atomic E-state index is -0.602. The second-order valence-electron chi connectivity index (χ2n) is 5.12. The summed E-state index contributed by atoms with van der Waals surface area (Å²) in [4.78, 5) is 34.6. The van der Waals surface area contributed by atoms with Gasteiger partial charge in [0.1, 0.15) is 5.69 Å². The van der Waals surface area contributed by atoms with Crippen molar-refractivity contribution in [1.29, 1.82) is 0 Å². The van der Waals surface area contributed by atoms with Crippen molar-refractivity contribution in [3.63, 3.8) is 0 Å². The molecule has 23 heavy (non-hydrogen) atoms. The number of carbonyl (C=O) groups is 2. The lowest BCUT2D eigenvalue weighted by molar-refractivity contribution is 0.0769. The first-order valence-corrected chi connectivity index (χ1v) is 7.62. The molecule has 0 aliphatic heterocycles. The van der Waals surface area contributed by atoms with Crippen LogP contribution in [-0.4, -0.2) is 39.8 Å². The summed E-state index contributed by atoms with van der Waals surface area (Å²) in [5.74, 6) is -0.896. The Hall–Kier alpha value is -2.70. The van der Waals surface area contributed by atoms with Crippen LogP contribution < -0.4 is 11.5 Å². The highest BCUT2D eigenvalue weighted by molar-refractivity contribution is 6.14. The lowest BCUT2D eigenvalue weighted by atomic mass is 9.97. The van der Waals surface area contributed by atoms with Crippen molar-refractivity contribution in [3.05, 3.63) is 29.0 Å². The molecule has 7 heteroatoms. The van der Waals surface area contributed by atoms with E-state index in [9.17, 15) is 9.59 Å². The third-order valence-electron chi connectivity index (χ3n) is 3.85. The number of carbonyl (C=O) groups excluding carboxylic acids is 2. The second kappa shape index (κ2) is 6.60. The summed E-state index contributed by atoms with van der Waals surface area (Å²) in [5.41, 5.74) is 12.9. The molecule has 0 saturated carbocycles. The fraction of sp³-hybridized carbons (Fsp3) is 0.375. The predicted octanol–water partition coefficient (Wildman–Crippen LogP) is 1.36. The molecule has 1 aromatic heterocycles. The highest BCUT2D eigenvalue weighted by Crippen LogP contribution is 2.26. The minimum absolute atomic E-state index is 0.00678. The van der Waals surface area contributed by atoms with Gasteiger partial charge in [0.2, 0.25) is 11.9 Å². The molecule has 4 N–H and O–H groups in total. The number of fused-ring (bicyclic) bond motifs is 1. The van der Waals surface area contributed by atoms with Crippen molar-refractivity contribution in [3.8, 4) is 0 Å². The smallest absolute Gasteiger partial charge is 0.273 e. The van der Waals surface area contributed by atoms with E-state index in [0.29, 0.717) is 36.0 Å². The fourth-order valence-corrected chi connectivity index (χ4v) is 2.68. The quantitative estimate of drug-likeness (QED) is 0.864. The van der Waals surface area contributed by atoms with Crippen LogP contribution in [0.5, 0.6) is 0 Å². The Morgan fingerprint density at radius 3 is 2.30 bits per heavy atom. The van der Waals surface area contributed by atoms with E-state index >= 15 is 0 Å². The summed E-state index contributed by atoms with van der Waals surface area (Å²) in [6.45, 7) is 6.72. The van der Waals surface area contributed by atoms with Crippen molar-refractivity contribution in [2.24, 2.45) is 5.73 Å². The summed E-state index contributed by atoms with van der Waals surface area (Å²) in [7, 11) is 0. The van der Waals surface area contributed by atoms with E-state index in [4.69, 9.17) is 11.5 Å². The number of benzene rings is 1. The predicted molar refractivity (Wildman–Crippen MR) is 89.1 cm³/mol. The van der Waals surface area contributed by atoms with E-state index < -0.39 is 5.91 Å². The number of primary amides is 1. The molecule has 2 amide bonds. The highest BCUT2D eigenvalue weighted by atomic mass is 16.2. The van der Waals surface area contributed by atoms with Crippen molar-refractivity contribution in [2.75, 3.05) is 18.8 Å². The van der Waals surface area contributed by atoms with E-state index in [2.05, 4.69) is 9.97 Å². The van der Waals surface area contributed by atoms with Crippen LogP contribution in [0.3, 0.4) is 0 Å². The average Bonchev–Trinajstić information content (AvgIpc) is 2.53. The van der Waals surface area contributed by atoms with E-state index in [1.54, 1.807) is 17.0 Å². The summed E-state index contributed by atoms with van der Waals surface area (Å²) in [5, 5.41) is 0.378. The van der Waals surface area contributed by atoms with E-state index in [1.807, 2.05) is 20.8 Å². The lowest BCUT2D eigenvalue weighted by Gasteiger charge is -2.20. The summed E-state index contributed by atoms with van der Waals surface area (Å²) in [6, 6.07) is 3.51. The molecule has 122 valence electrons. The number of anilines is 1. The van der Waals surface area contributed by atoms with E-state index in [0.717, 1.165) is 5.56 Å². The highest BCUT2D eigenvalue weighted by Gasteiger charge is 2.24. The Morgan fingerprint density at radius 1 is 1.13 bits per heavy atom. The van der Waals surface area contributed by atoms with Gasteiger partial charge in [-0.3, -0.25) is 9.59 Å². The molecule has 0 saturated heterocycles. The first kappa shape index (κ1) is 16.7. The van der Waals surface area contributed by atoms with Gasteiger partial charge in [-0.2, -0.15) is 0 Å². The van der Waals surface area contributed by atoms with Gasteiger partial charge in [0, 0.05) is 18.5 Å². The normalized spacial score (nSPS) is 10.7. The number of rotatable bonds is 5. The number of aromatic nitrogens is 2. The summed E-state index contributed by atoms with van der Waals surface area (Å²) in [6.07, 6.45) is 0.609. The Morgan fingerprint density at radius 2 is 1.78 bits per heavy atom. The van der Waals surface area contributed by atoms with Crippen molar-refractivity contribution < 1.29 is 9.59 Å². The second-order valence-corrected chi connectivity index (χ2v) is 5.12. The Balaban J connectivity index is 2.87. The Labute approximate surface area is 134 Å². The van der Waals surface area contributed by atoms with Gasteiger partial charge >= 0.3 is 0 Å². The molecule has 0 unspecified atom stereocenters. The maximum absolute atomic E-state index is 12.8. The maximum Gasteiger partial charge on any atom is 0.273 e. The number of hydrogen-bond donors (Lipinski definition) is 2. The number of hydrogen-bond acceptors (Lipinski definition) is 5. The van der Waals surface area contributed by atoms with Gasteiger partial charge in [0.05, 0.1) is 11.1 Å². The monoisotopic (exact) mass is 315 g/mol. The van der Waals surface area contributed by atoms with Gasteiger partial charge in [-0.1, -0.05) is 13.0 Å². The zero-order chi connectivity index (χ0) is 17.1. The first-order chi connectivity index (χ1) is 10.9. The van der Waals surface area contributed by atoms with Crippen LogP contribution in [-0.2, 0) is 6.42 Å². The van der Waals surface area contributed by atoms with Gasteiger partial charge in [-0.25, -0.2) is 9.97 Å². The van der Waals surface area contributed by atoms with Gasteiger partial charge in [0.25, 0.3) is 5.91 Å². The molecular weight excluding hydrogens is 294 g/mol. The van der Waals surface area contributed by atoms with Crippen LogP contribution >= 0.6 is 0 Å². The molecule has 0 radical (unpaired) electrons. The molecule has 2 aromatic rings. The molecule has 0 aliphatic rings. The Bertz CT molecular complexity index is 769. The van der Waals surface area contributed by atoms with Crippen LogP contribution in [0.15, 0.2) is 12.1 Å². The number of nitrogen functional groups attached to an aromatic ring is 1. The zero-order valence-electron chi connectivity index (χ0n) is 13.6. The van der Waals surface area contributed by atoms with E-state index in [1.165, 1.54) is 0 Å². The van der Waals surface area contributed by atoms with Gasteiger partial charge < -0.3 is 16.4 Å². The molecule has 1 heterocycles.